The Kier molecular flexibility index (Phi) is 9.27. The predicted octanol–water partition coefficient (Wildman–Crippen LogP) is 2.82. The van der Waals surface area contributed by atoms with Crippen molar-refractivity contribution in [2.75, 3.05) is 0 Å². The average molecular weight is 515 g/mol. The number of nitrogens with two attached hydrogens (primary N) is 1. The van der Waals surface area contributed by atoms with Gasteiger partial charge >= 0.3 is 87.8 Å². The van der Waals surface area contributed by atoms with Crippen LogP contribution >= 0.6 is 0 Å². The fraction of sp³-hybridized carbons (Fsp3) is 0.438. The molecule has 3 N–H and O–H groups in total. The molecule has 0 spiro atoms. The van der Waals surface area contributed by atoms with E-state index in [1.807, 2.05) is 25.2 Å². The van der Waals surface area contributed by atoms with Crippen LogP contribution in [0.4, 0.5) is 0 Å². The minimum absolute atomic E-state index is 0.536. The fourth-order valence-corrected chi connectivity index (χ4v) is 2.99. The molecular formula is C16H24N4O3Pt. The van der Waals surface area contributed by atoms with Crippen LogP contribution in [0.1, 0.15) is 32.1 Å². The normalized spacial score (nSPS) is 14.0. The topological polar surface area (TPSA) is 99.2 Å². The van der Waals surface area contributed by atoms with E-state index in [9.17, 15) is 0 Å². The van der Waals surface area contributed by atoms with E-state index in [1.165, 1.54) is 41.6 Å². The van der Waals surface area contributed by atoms with Crippen LogP contribution in [0.3, 0.4) is 0 Å². The molecule has 0 bridgehead atoms. The number of imidazole rings is 1. The number of benzene rings is 1. The first-order chi connectivity index (χ1) is 11.4. The van der Waals surface area contributed by atoms with Crippen LogP contribution < -0.4 is 5.73 Å². The van der Waals surface area contributed by atoms with Crippen molar-refractivity contribution in [3.05, 3.63) is 56.6 Å². The van der Waals surface area contributed by atoms with Gasteiger partial charge < -0.3 is 10.9 Å². The van der Waals surface area contributed by atoms with E-state index < -0.39 is 5.09 Å². The SMILES string of the molecule is Cn1ccn(-c2ccccc2)[c]1=[Pt].NC1CCCCC1.O=[N+]([O-])O. The van der Waals surface area contributed by atoms with Gasteiger partial charge in [0.15, 0.2) is 0 Å². The smallest absolute Gasteiger partial charge is 0.291 e. The fourth-order valence-electron chi connectivity index (χ4n) is 2.36. The Hall–Kier alpha value is -1.72. The Labute approximate surface area is 152 Å². The van der Waals surface area contributed by atoms with Crippen LogP contribution in [0.5, 0.6) is 0 Å². The van der Waals surface area contributed by atoms with Crippen LogP contribution in [0.2, 0.25) is 0 Å². The standard InChI is InChI=1S/C10H10N2.C6H13N.HNO3.Pt/c1-11-7-8-12(9-11)10-5-3-2-4-6-10;7-6-4-2-1-3-5-6;2-1(3)4;/h2-8H,1H3;6H,1-5,7H2;(H,2,3,4);. The maximum absolute atomic E-state index is 8.36. The third-order valence-corrected chi connectivity index (χ3v) is 4.93. The van der Waals surface area contributed by atoms with Gasteiger partial charge in [-0.05, 0) is 12.8 Å². The van der Waals surface area contributed by atoms with E-state index in [0.29, 0.717) is 6.04 Å². The Morgan fingerprint density at radius 3 is 2.12 bits per heavy atom. The molecule has 0 atom stereocenters. The summed E-state index contributed by atoms with van der Waals surface area (Å²) in [7, 11) is 2.04. The van der Waals surface area contributed by atoms with Gasteiger partial charge in [-0.25, -0.2) is 0 Å². The molecule has 3 rings (SSSR count). The third kappa shape index (κ3) is 7.70. The van der Waals surface area contributed by atoms with Crippen molar-refractivity contribution in [2.24, 2.45) is 12.8 Å². The molecule has 1 fully saturated rings. The number of aromatic nitrogens is 2. The van der Waals surface area contributed by atoms with Gasteiger partial charge in [-0.3, -0.25) is 0 Å². The van der Waals surface area contributed by atoms with Crippen LogP contribution in [-0.4, -0.2) is 25.5 Å². The molecule has 1 aromatic carbocycles. The summed E-state index contributed by atoms with van der Waals surface area (Å²) in [5, 5.41) is 13.6. The Balaban J connectivity index is 0.000000220. The summed E-state index contributed by atoms with van der Waals surface area (Å²) < 4.78 is 5.45. The first kappa shape index (κ1) is 20.3. The molecule has 2 aromatic rings. The number of nitrogens with zero attached hydrogens (tertiary/aromatic N) is 3. The summed E-state index contributed by atoms with van der Waals surface area (Å²) in [4.78, 5) is 8.36. The Morgan fingerprint density at radius 1 is 1.21 bits per heavy atom. The zero-order valence-corrected chi connectivity index (χ0v) is 15.9. The number of hydrogen-bond donors (Lipinski definition) is 2. The largest absolute Gasteiger partial charge is 0.328 e. The van der Waals surface area contributed by atoms with E-state index in [0.717, 1.165) is 0 Å². The Morgan fingerprint density at radius 2 is 1.75 bits per heavy atom. The summed E-state index contributed by atoms with van der Waals surface area (Å²) >= 11 is 2.31. The van der Waals surface area contributed by atoms with Gasteiger partial charge in [-0.2, -0.15) is 0 Å². The van der Waals surface area contributed by atoms with E-state index in [4.69, 9.17) is 21.1 Å². The molecule has 0 saturated heterocycles. The maximum atomic E-state index is 8.36. The van der Waals surface area contributed by atoms with Gasteiger partial charge in [0, 0.05) is 6.04 Å². The van der Waals surface area contributed by atoms with Crippen molar-refractivity contribution in [3.8, 4) is 5.69 Å². The number of aryl methyl sites for hydroxylation is 1. The maximum Gasteiger partial charge on any atom is 0.291 e. The van der Waals surface area contributed by atoms with E-state index in [1.54, 1.807) is 0 Å². The molecule has 1 heterocycles. The van der Waals surface area contributed by atoms with Crippen molar-refractivity contribution < 1.29 is 29.6 Å². The molecule has 1 saturated carbocycles. The van der Waals surface area contributed by atoms with E-state index in [2.05, 4.69) is 53.0 Å². The molecule has 0 amide bonds. The zero-order chi connectivity index (χ0) is 17.9. The summed E-state index contributed by atoms with van der Waals surface area (Å²) in [6, 6.07) is 10.9. The first-order valence-corrected chi connectivity index (χ1v) is 8.89. The molecule has 1 aliphatic carbocycles. The molecule has 0 unspecified atom stereocenters. The Bertz CT molecular complexity index is 659. The van der Waals surface area contributed by atoms with Crippen LogP contribution in [0, 0.1) is 13.9 Å². The van der Waals surface area contributed by atoms with Gasteiger partial charge in [-0.15, -0.1) is 10.1 Å². The second kappa shape index (κ2) is 10.9. The molecule has 136 valence electrons. The van der Waals surface area contributed by atoms with Gasteiger partial charge in [0.1, 0.15) is 0 Å². The second-order valence-corrected chi connectivity index (χ2v) is 6.51. The second-order valence-electron chi connectivity index (χ2n) is 5.49. The third-order valence-electron chi connectivity index (χ3n) is 3.58. The van der Waals surface area contributed by atoms with Gasteiger partial charge in [0.2, 0.25) is 0 Å². The van der Waals surface area contributed by atoms with Gasteiger partial charge in [-0.1, -0.05) is 19.3 Å². The molecule has 24 heavy (non-hydrogen) atoms. The van der Waals surface area contributed by atoms with Crippen molar-refractivity contribution >= 4 is 0 Å². The predicted molar refractivity (Wildman–Crippen MR) is 87.8 cm³/mol. The minimum Gasteiger partial charge on any atom is -0.328 e. The molecular weight excluding hydrogens is 491 g/mol. The number of rotatable bonds is 1. The molecule has 0 radical (unpaired) electrons. The average Bonchev–Trinajstić information content (AvgIpc) is 2.89. The van der Waals surface area contributed by atoms with Crippen LogP contribution in [0.15, 0.2) is 42.7 Å². The van der Waals surface area contributed by atoms with Crippen molar-refractivity contribution in [2.45, 2.75) is 38.1 Å². The summed E-state index contributed by atoms with van der Waals surface area (Å²) in [6.07, 6.45) is 10.8. The summed E-state index contributed by atoms with van der Waals surface area (Å²) in [5.74, 6) is 0. The van der Waals surface area contributed by atoms with Gasteiger partial charge in [0.05, 0.1) is 0 Å². The summed E-state index contributed by atoms with van der Waals surface area (Å²) in [6.45, 7) is 0. The zero-order valence-electron chi connectivity index (χ0n) is 13.7. The minimum atomic E-state index is -1.50. The van der Waals surface area contributed by atoms with Crippen LogP contribution in [0.25, 0.3) is 5.69 Å². The van der Waals surface area contributed by atoms with Crippen LogP contribution in [-0.2, 0) is 26.4 Å². The van der Waals surface area contributed by atoms with Crippen molar-refractivity contribution in [1.29, 1.82) is 0 Å². The number of hydrogen-bond acceptors (Lipinski definition) is 3. The van der Waals surface area contributed by atoms with Gasteiger partial charge in [0.25, 0.3) is 5.09 Å². The molecule has 7 nitrogen and oxygen atoms in total. The molecule has 8 heteroatoms. The molecule has 0 aliphatic heterocycles. The number of para-hydroxylation sites is 1. The van der Waals surface area contributed by atoms with E-state index in [-0.39, 0.29) is 0 Å². The first-order valence-electron chi connectivity index (χ1n) is 7.75. The monoisotopic (exact) mass is 515 g/mol. The van der Waals surface area contributed by atoms with Crippen molar-refractivity contribution in [3.63, 3.8) is 0 Å². The van der Waals surface area contributed by atoms with Crippen molar-refractivity contribution in [1.82, 2.24) is 9.13 Å². The molecule has 1 aliphatic rings. The summed E-state index contributed by atoms with van der Waals surface area (Å²) in [5.41, 5.74) is 6.84. The molecule has 1 aromatic heterocycles. The van der Waals surface area contributed by atoms with E-state index >= 15 is 0 Å². The quantitative estimate of drug-likeness (QED) is 0.451.